The van der Waals surface area contributed by atoms with Crippen molar-refractivity contribution in [2.75, 3.05) is 0 Å². The molecule has 0 radical (unpaired) electrons. The van der Waals surface area contributed by atoms with Crippen LogP contribution in [0.4, 0.5) is 0 Å². The molecule has 2 saturated carbocycles. The maximum atomic E-state index is 11.0. The molecule has 2 heteroatoms. The Morgan fingerprint density at radius 2 is 2.00 bits per heavy atom. The van der Waals surface area contributed by atoms with Crippen LogP contribution in [-0.2, 0) is 5.60 Å². The first-order valence-electron chi connectivity index (χ1n) is 6.56. The zero-order valence-corrected chi connectivity index (χ0v) is 11.8. The lowest BCUT2D eigenvalue weighted by Gasteiger charge is -2.37. The van der Waals surface area contributed by atoms with Gasteiger partial charge in [-0.1, -0.05) is 40.5 Å². The van der Waals surface area contributed by atoms with E-state index in [1.807, 2.05) is 25.1 Å². The Morgan fingerprint density at radius 3 is 2.59 bits per heavy atom. The lowest BCUT2D eigenvalue weighted by molar-refractivity contribution is -0.0302. The average Bonchev–Trinajstić information content (AvgIpc) is 2.91. The topological polar surface area (TPSA) is 20.2 Å². The van der Waals surface area contributed by atoms with Gasteiger partial charge in [-0.25, -0.2) is 0 Å². The SMILES string of the molecule is CC(O)(c1ccccc1Br)C1CC2CCC1C2. The second-order valence-electron chi connectivity index (χ2n) is 5.91. The van der Waals surface area contributed by atoms with Gasteiger partial charge in [-0.2, -0.15) is 0 Å². The van der Waals surface area contributed by atoms with Gasteiger partial charge in [0.1, 0.15) is 0 Å². The fraction of sp³-hybridized carbons (Fsp3) is 0.600. The third-order valence-corrected chi connectivity index (χ3v) is 5.57. The quantitative estimate of drug-likeness (QED) is 0.871. The Balaban J connectivity index is 1.93. The molecule has 2 fully saturated rings. The summed E-state index contributed by atoms with van der Waals surface area (Å²) in [7, 11) is 0. The number of hydrogen-bond acceptors (Lipinski definition) is 1. The minimum atomic E-state index is -0.681. The van der Waals surface area contributed by atoms with E-state index in [1.165, 1.54) is 25.7 Å². The fourth-order valence-electron chi connectivity index (χ4n) is 4.00. The molecule has 1 N–H and O–H groups in total. The van der Waals surface area contributed by atoms with E-state index in [0.717, 1.165) is 21.9 Å². The van der Waals surface area contributed by atoms with Crippen molar-refractivity contribution in [2.45, 2.75) is 38.2 Å². The van der Waals surface area contributed by atoms with Crippen molar-refractivity contribution in [3.05, 3.63) is 34.3 Å². The molecular weight excluding hydrogens is 276 g/mol. The molecule has 0 amide bonds. The predicted molar refractivity (Wildman–Crippen MR) is 72.7 cm³/mol. The van der Waals surface area contributed by atoms with Crippen LogP contribution in [0, 0.1) is 17.8 Å². The number of hydrogen-bond donors (Lipinski definition) is 1. The van der Waals surface area contributed by atoms with Crippen molar-refractivity contribution >= 4 is 15.9 Å². The predicted octanol–water partition coefficient (Wildman–Crippen LogP) is 4.09. The molecule has 3 rings (SSSR count). The third kappa shape index (κ3) is 1.86. The standard InChI is InChI=1S/C15H19BrO/c1-15(17,12-4-2-3-5-14(12)16)13-9-10-6-7-11(13)8-10/h2-5,10-11,13,17H,6-9H2,1H3. The largest absolute Gasteiger partial charge is 0.385 e. The molecule has 1 nitrogen and oxygen atoms in total. The van der Waals surface area contributed by atoms with Gasteiger partial charge in [0.15, 0.2) is 0 Å². The van der Waals surface area contributed by atoms with Crippen LogP contribution < -0.4 is 0 Å². The van der Waals surface area contributed by atoms with Crippen molar-refractivity contribution < 1.29 is 5.11 Å². The van der Waals surface area contributed by atoms with Gasteiger partial charge in [0, 0.05) is 4.47 Å². The van der Waals surface area contributed by atoms with Crippen LogP contribution in [0.3, 0.4) is 0 Å². The summed E-state index contributed by atoms with van der Waals surface area (Å²) in [6.45, 7) is 2.00. The second kappa shape index (κ2) is 4.10. The first-order valence-corrected chi connectivity index (χ1v) is 7.35. The maximum absolute atomic E-state index is 11.0. The highest BCUT2D eigenvalue weighted by Crippen LogP contribution is 2.55. The summed E-state index contributed by atoms with van der Waals surface area (Å²) in [5, 5.41) is 11.0. The minimum absolute atomic E-state index is 0.444. The van der Waals surface area contributed by atoms with Gasteiger partial charge in [-0.15, -0.1) is 0 Å². The fourth-order valence-corrected chi connectivity index (χ4v) is 4.69. The molecule has 2 aliphatic rings. The molecule has 4 unspecified atom stereocenters. The number of aliphatic hydroxyl groups is 1. The van der Waals surface area contributed by atoms with Gasteiger partial charge >= 0.3 is 0 Å². The second-order valence-corrected chi connectivity index (χ2v) is 6.76. The summed E-state index contributed by atoms with van der Waals surface area (Å²) in [6, 6.07) is 8.10. The molecular formula is C15H19BrO. The number of benzene rings is 1. The smallest absolute Gasteiger partial charge is 0.0910 e. The van der Waals surface area contributed by atoms with Gasteiger partial charge in [0.2, 0.25) is 0 Å². The molecule has 4 atom stereocenters. The van der Waals surface area contributed by atoms with Gasteiger partial charge in [-0.05, 0) is 55.6 Å². The molecule has 17 heavy (non-hydrogen) atoms. The summed E-state index contributed by atoms with van der Waals surface area (Å²) < 4.78 is 1.03. The van der Waals surface area contributed by atoms with Crippen molar-refractivity contribution in [1.82, 2.24) is 0 Å². The highest BCUT2D eigenvalue weighted by molar-refractivity contribution is 9.10. The van der Waals surface area contributed by atoms with Crippen LogP contribution in [0.1, 0.15) is 38.2 Å². The average molecular weight is 295 g/mol. The third-order valence-electron chi connectivity index (χ3n) is 4.88. The van der Waals surface area contributed by atoms with E-state index in [9.17, 15) is 5.11 Å². The number of fused-ring (bicyclic) bond motifs is 2. The molecule has 0 aromatic heterocycles. The highest BCUT2D eigenvalue weighted by Gasteiger charge is 2.48. The summed E-state index contributed by atoms with van der Waals surface area (Å²) in [4.78, 5) is 0. The number of rotatable bonds is 2. The molecule has 2 bridgehead atoms. The first-order chi connectivity index (χ1) is 8.09. The van der Waals surface area contributed by atoms with Crippen LogP contribution >= 0.6 is 15.9 Å². The normalized spacial score (nSPS) is 34.9. The van der Waals surface area contributed by atoms with E-state index in [-0.39, 0.29) is 0 Å². The van der Waals surface area contributed by atoms with E-state index in [2.05, 4.69) is 22.0 Å². The van der Waals surface area contributed by atoms with Crippen LogP contribution in [0.25, 0.3) is 0 Å². The molecule has 0 aliphatic heterocycles. The van der Waals surface area contributed by atoms with Crippen molar-refractivity contribution in [2.24, 2.45) is 17.8 Å². The van der Waals surface area contributed by atoms with Gasteiger partial charge in [0.05, 0.1) is 5.60 Å². The van der Waals surface area contributed by atoms with Crippen LogP contribution in [0.5, 0.6) is 0 Å². The first kappa shape index (κ1) is 11.7. The van der Waals surface area contributed by atoms with E-state index in [1.54, 1.807) is 0 Å². The molecule has 1 aromatic rings. The van der Waals surface area contributed by atoms with E-state index < -0.39 is 5.60 Å². The van der Waals surface area contributed by atoms with Crippen LogP contribution in [0.2, 0.25) is 0 Å². The zero-order valence-electron chi connectivity index (χ0n) is 10.2. The monoisotopic (exact) mass is 294 g/mol. The highest BCUT2D eigenvalue weighted by atomic mass is 79.9. The van der Waals surface area contributed by atoms with E-state index in [0.29, 0.717) is 5.92 Å². The molecule has 92 valence electrons. The molecule has 0 heterocycles. The zero-order chi connectivity index (χ0) is 12.0. The Labute approximate surface area is 111 Å². The van der Waals surface area contributed by atoms with Gasteiger partial charge < -0.3 is 5.11 Å². The summed E-state index contributed by atoms with van der Waals surface area (Å²) in [6.07, 6.45) is 5.24. The number of halogens is 1. The molecule has 0 saturated heterocycles. The molecule has 0 spiro atoms. The van der Waals surface area contributed by atoms with Gasteiger partial charge in [0.25, 0.3) is 0 Å². The minimum Gasteiger partial charge on any atom is -0.385 e. The lowest BCUT2D eigenvalue weighted by Crippen LogP contribution is -2.35. The Morgan fingerprint density at radius 1 is 1.24 bits per heavy atom. The van der Waals surface area contributed by atoms with E-state index in [4.69, 9.17) is 0 Å². The molecule has 1 aromatic carbocycles. The summed E-state index contributed by atoms with van der Waals surface area (Å²) >= 11 is 3.57. The lowest BCUT2D eigenvalue weighted by atomic mass is 9.74. The van der Waals surface area contributed by atoms with Gasteiger partial charge in [-0.3, -0.25) is 0 Å². The van der Waals surface area contributed by atoms with Crippen LogP contribution in [0.15, 0.2) is 28.7 Å². The van der Waals surface area contributed by atoms with Crippen LogP contribution in [-0.4, -0.2) is 5.11 Å². The van der Waals surface area contributed by atoms with Crippen molar-refractivity contribution in [1.29, 1.82) is 0 Å². The Hall–Kier alpha value is -0.340. The van der Waals surface area contributed by atoms with Crippen molar-refractivity contribution in [3.63, 3.8) is 0 Å². The Bertz CT molecular complexity index is 427. The van der Waals surface area contributed by atoms with E-state index >= 15 is 0 Å². The summed E-state index contributed by atoms with van der Waals surface area (Å²) in [5.74, 6) is 2.06. The summed E-state index contributed by atoms with van der Waals surface area (Å²) in [5.41, 5.74) is 0.373. The Kier molecular flexibility index (Phi) is 2.83. The molecule has 2 aliphatic carbocycles. The van der Waals surface area contributed by atoms with Crippen molar-refractivity contribution in [3.8, 4) is 0 Å². The maximum Gasteiger partial charge on any atom is 0.0910 e.